The molecule has 9 nitrogen and oxygen atoms in total. The number of nitrogens with one attached hydrogen (secondary N) is 2. The van der Waals surface area contributed by atoms with E-state index in [1.165, 1.54) is 4.90 Å². The van der Waals surface area contributed by atoms with Gasteiger partial charge in [-0.1, -0.05) is 6.07 Å². The molecule has 1 aromatic rings. The van der Waals surface area contributed by atoms with Crippen molar-refractivity contribution in [1.82, 2.24) is 25.4 Å². The van der Waals surface area contributed by atoms with Gasteiger partial charge in [0.15, 0.2) is 5.96 Å². The standard InChI is InChI=1S/C20H32N6O3.HI/c1-4-29-20(28)26-13-9-17(10-14-26)24-19(23-15-18(27)25(2)3)22-12-8-16-7-5-6-11-21-16;/h5-7,11,17H,4,8-10,12-15H2,1-3H3,(H2,22,23,24);1H. The Hall–Kier alpha value is -2.11. The highest BCUT2D eigenvalue weighted by Crippen LogP contribution is 2.11. The number of carbonyl (C=O) groups excluding carboxylic acids is 2. The first-order valence-corrected chi connectivity index (χ1v) is 10.1. The third kappa shape index (κ3) is 9.14. The zero-order chi connectivity index (χ0) is 21.1. The maximum absolute atomic E-state index is 11.9. The molecule has 0 unspecified atom stereocenters. The molecule has 0 radical (unpaired) electrons. The lowest BCUT2D eigenvalue weighted by Gasteiger charge is -2.32. The third-order valence-electron chi connectivity index (χ3n) is 4.63. The SMILES string of the molecule is CCOC(=O)N1CCC(NC(=NCC(=O)N(C)C)NCCc2ccccn2)CC1.I. The smallest absolute Gasteiger partial charge is 0.409 e. The van der Waals surface area contributed by atoms with E-state index in [2.05, 4.69) is 20.6 Å². The number of amides is 2. The Morgan fingerprint density at radius 3 is 2.63 bits per heavy atom. The number of nitrogens with zero attached hydrogens (tertiary/aromatic N) is 4. The van der Waals surface area contributed by atoms with Crippen LogP contribution in [-0.2, 0) is 16.0 Å². The fraction of sp³-hybridized carbons (Fsp3) is 0.600. The van der Waals surface area contributed by atoms with Crippen molar-refractivity contribution in [1.29, 1.82) is 0 Å². The minimum atomic E-state index is -0.259. The topological polar surface area (TPSA) is 99.2 Å². The molecule has 0 aliphatic carbocycles. The van der Waals surface area contributed by atoms with E-state index in [1.807, 2.05) is 18.2 Å². The van der Waals surface area contributed by atoms with Gasteiger partial charge in [-0.25, -0.2) is 9.79 Å². The summed E-state index contributed by atoms with van der Waals surface area (Å²) in [5.41, 5.74) is 0.992. The average molecular weight is 532 g/mol. The van der Waals surface area contributed by atoms with Crippen LogP contribution in [0.25, 0.3) is 0 Å². The fourth-order valence-corrected chi connectivity index (χ4v) is 2.91. The van der Waals surface area contributed by atoms with Gasteiger partial charge in [0.05, 0.1) is 6.61 Å². The van der Waals surface area contributed by atoms with E-state index in [0.717, 1.165) is 25.0 Å². The Morgan fingerprint density at radius 1 is 1.30 bits per heavy atom. The summed E-state index contributed by atoms with van der Waals surface area (Å²) >= 11 is 0. The number of likely N-dealkylation sites (tertiary alicyclic amines) is 1. The zero-order valence-corrected chi connectivity index (χ0v) is 20.3. The molecule has 10 heteroatoms. The maximum Gasteiger partial charge on any atom is 0.409 e. The number of hydrogen-bond acceptors (Lipinski definition) is 5. The predicted molar refractivity (Wildman–Crippen MR) is 127 cm³/mol. The lowest BCUT2D eigenvalue weighted by Crippen LogP contribution is -2.50. The first-order valence-electron chi connectivity index (χ1n) is 10.1. The lowest BCUT2D eigenvalue weighted by molar-refractivity contribution is -0.127. The summed E-state index contributed by atoms with van der Waals surface area (Å²) in [6.45, 7) is 4.19. The molecule has 1 saturated heterocycles. The summed E-state index contributed by atoms with van der Waals surface area (Å²) in [7, 11) is 3.43. The monoisotopic (exact) mass is 532 g/mol. The van der Waals surface area contributed by atoms with Crippen molar-refractivity contribution in [3.05, 3.63) is 30.1 Å². The molecule has 0 bridgehead atoms. The van der Waals surface area contributed by atoms with E-state index in [0.29, 0.717) is 32.2 Å². The normalized spacial score (nSPS) is 14.5. The van der Waals surface area contributed by atoms with E-state index < -0.39 is 0 Å². The van der Waals surface area contributed by atoms with Gasteiger partial charge < -0.3 is 25.2 Å². The highest BCUT2D eigenvalue weighted by Gasteiger charge is 2.24. The Bertz CT molecular complexity index is 678. The van der Waals surface area contributed by atoms with Crippen molar-refractivity contribution in [2.24, 2.45) is 4.99 Å². The van der Waals surface area contributed by atoms with Crippen molar-refractivity contribution in [2.45, 2.75) is 32.2 Å². The number of hydrogen-bond donors (Lipinski definition) is 2. The van der Waals surface area contributed by atoms with Crippen molar-refractivity contribution in [3.63, 3.8) is 0 Å². The molecule has 1 aliphatic heterocycles. The molecule has 2 rings (SSSR count). The van der Waals surface area contributed by atoms with Crippen molar-refractivity contribution < 1.29 is 14.3 Å². The minimum Gasteiger partial charge on any atom is -0.450 e. The van der Waals surface area contributed by atoms with Crippen LogP contribution >= 0.6 is 24.0 Å². The molecule has 1 aromatic heterocycles. The Labute approximate surface area is 195 Å². The van der Waals surface area contributed by atoms with Crippen LogP contribution < -0.4 is 10.6 Å². The summed E-state index contributed by atoms with van der Waals surface area (Å²) in [4.78, 5) is 35.7. The van der Waals surface area contributed by atoms with Gasteiger partial charge in [0.25, 0.3) is 0 Å². The fourth-order valence-electron chi connectivity index (χ4n) is 2.91. The summed E-state index contributed by atoms with van der Waals surface area (Å²) in [6.07, 6.45) is 3.85. The van der Waals surface area contributed by atoms with Gasteiger partial charge in [0, 0.05) is 58.1 Å². The van der Waals surface area contributed by atoms with E-state index in [1.54, 1.807) is 32.1 Å². The number of ether oxygens (including phenoxy) is 1. The molecule has 1 fully saturated rings. The summed E-state index contributed by atoms with van der Waals surface area (Å²) < 4.78 is 5.06. The molecule has 2 amide bonds. The van der Waals surface area contributed by atoms with Crippen LogP contribution in [0.2, 0.25) is 0 Å². The highest BCUT2D eigenvalue weighted by molar-refractivity contribution is 14.0. The van der Waals surface area contributed by atoms with E-state index >= 15 is 0 Å². The number of rotatable bonds is 7. The van der Waals surface area contributed by atoms with Crippen LogP contribution in [0, 0.1) is 0 Å². The van der Waals surface area contributed by atoms with Crippen LogP contribution in [0.3, 0.4) is 0 Å². The van der Waals surface area contributed by atoms with Crippen molar-refractivity contribution >= 4 is 41.9 Å². The Balaban J connectivity index is 0.00000450. The number of carbonyl (C=O) groups is 2. The van der Waals surface area contributed by atoms with Gasteiger partial charge >= 0.3 is 6.09 Å². The summed E-state index contributed by atoms with van der Waals surface area (Å²) in [6, 6.07) is 6.01. The Kier molecular flexibility index (Phi) is 12.1. The molecule has 0 atom stereocenters. The number of aromatic nitrogens is 1. The molecular formula is C20H33IN6O3. The van der Waals surface area contributed by atoms with E-state index in [9.17, 15) is 9.59 Å². The van der Waals surface area contributed by atoms with Gasteiger partial charge in [-0.15, -0.1) is 24.0 Å². The molecule has 30 heavy (non-hydrogen) atoms. The number of pyridine rings is 1. The Morgan fingerprint density at radius 2 is 2.03 bits per heavy atom. The first-order chi connectivity index (χ1) is 14.0. The molecule has 0 spiro atoms. The number of likely N-dealkylation sites (N-methyl/N-ethyl adjacent to an activating group) is 1. The number of guanidine groups is 1. The highest BCUT2D eigenvalue weighted by atomic mass is 127. The summed E-state index contributed by atoms with van der Waals surface area (Å²) in [5.74, 6) is 0.540. The largest absolute Gasteiger partial charge is 0.450 e. The van der Waals surface area contributed by atoms with E-state index in [-0.39, 0.29) is 48.6 Å². The maximum atomic E-state index is 11.9. The minimum absolute atomic E-state index is 0. The predicted octanol–water partition coefficient (Wildman–Crippen LogP) is 1.49. The van der Waals surface area contributed by atoms with Gasteiger partial charge in [0.1, 0.15) is 6.54 Å². The van der Waals surface area contributed by atoms with Crippen LogP contribution in [-0.4, -0.2) is 85.7 Å². The summed E-state index contributed by atoms with van der Waals surface area (Å²) in [5, 5.41) is 6.68. The molecular weight excluding hydrogens is 499 g/mol. The van der Waals surface area contributed by atoms with Crippen molar-refractivity contribution in [2.75, 3.05) is 46.9 Å². The molecule has 0 aromatic carbocycles. The van der Waals surface area contributed by atoms with Crippen LogP contribution in [0.5, 0.6) is 0 Å². The average Bonchev–Trinajstić information content (AvgIpc) is 2.73. The number of piperidine rings is 1. The molecule has 1 aliphatic rings. The second kappa shape index (κ2) is 14.0. The molecule has 2 heterocycles. The number of aliphatic imine (C=N–C) groups is 1. The van der Waals surface area contributed by atoms with Crippen molar-refractivity contribution in [3.8, 4) is 0 Å². The first kappa shape index (κ1) is 25.9. The quantitative estimate of drug-likeness (QED) is 0.314. The van der Waals surface area contributed by atoms with Crippen LogP contribution in [0.1, 0.15) is 25.5 Å². The number of halogens is 1. The second-order valence-corrected chi connectivity index (χ2v) is 7.06. The van der Waals surface area contributed by atoms with Gasteiger partial charge in [-0.2, -0.15) is 0 Å². The van der Waals surface area contributed by atoms with E-state index in [4.69, 9.17) is 4.74 Å². The third-order valence-corrected chi connectivity index (χ3v) is 4.63. The second-order valence-electron chi connectivity index (χ2n) is 7.06. The van der Waals surface area contributed by atoms with Crippen LogP contribution in [0.4, 0.5) is 4.79 Å². The molecule has 0 saturated carbocycles. The van der Waals surface area contributed by atoms with Gasteiger partial charge in [0.2, 0.25) is 5.91 Å². The zero-order valence-electron chi connectivity index (χ0n) is 18.0. The van der Waals surface area contributed by atoms with Crippen LogP contribution in [0.15, 0.2) is 29.4 Å². The lowest BCUT2D eigenvalue weighted by atomic mass is 10.1. The molecule has 2 N–H and O–H groups in total. The molecule has 168 valence electrons. The van der Waals surface area contributed by atoms with Gasteiger partial charge in [-0.3, -0.25) is 9.78 Å². The van der Waals surface area contributed by atoms with Gasteiger partial charge in [-0.05, 0) is 31.9 Å².